The number of halogens is 3. The highest BCUT2D eigenvalue weighted by Gasteiger charge is 2.15. The molecule has 0 bridgehead atoms. The van der Waals surface area contributed by atoms with Gasteiger partial charge in [-0.3, -0.25) is 0 Å². The first-order valence-corrected chi connectivity index (χ1v) is 12.5. The van der Waals surface area contributed by atoms with Crippen LogP contribution < -0.4 is 0 Å². The molecule has 0 aliphatic heterocycles. The quantitative estimate of drug-likeness (QED) is 0.309. The highest BCUT2D eigenvalue weighted by molar-refractivity contribution is 6.83. The molecular weight excluding hydrogens is 349 g/mol. The van der Waals surface area contributed by atoms with Gasteiger partial charge in [-0.1, -0.05) is 57.5 Å². The Morgan fingerprint density at radius 1 is 0.885 bits per heavy atom. The lowest BCUT2D eigenvalue weighted by atomic mass is 9.99. The van der Waals surface area contributed by atoms with Gasteiger partial charge in [0.05, 0.1) is 5.56 Å². The van der Waals surface area contributed by atoms with Crippen molar-refractivity contribution in [3.05, 3.63) is 58.9 Å². The molecule has 0 atom stereocenters. The lowest BCUT2D eigenvalue weighted by Gasteiger charge is -2.09. The second-order valence-electron chi connectivity index (χ2n) is 7.59. The van der Waals surface area contributed by atoms with E-state index >= 15 is 0 Å². The van der Waals surface area contributed by atoms with Gasteiger partial charge in [0.1, 0.15) is 25.5 Å². The molecule has 0 spiro atoms. The third kappa shape index (κ3) is 5.50. The zero-order valence-electron chi connectivity index (χ0n) is 15.8. The van der Waals surface area contributed by atoms with Gasteiger partial charge >= 0.3 is 0 Å². The maximum absolute atomic E-state index is 14.4. The smallest absolute Gasteiger partial charge is 0.142 e. The van der Waals surface area contributed by atoms with Gasteiger partial charge in [-0.25, -0.2) is 13.2 Å². The highest BCUT2D eigenvalue weighted by Crippen LogP contribution is 2.27. The summed E-state index contributed by atoms with van der Waals surface area (Å²) in [4.78, 5) is 0. The first kappa shape index (κ1) is 20.3. The van der Waals surface area contributed by atoms with E-state index in [1.165, 1.54) is 6.07 Å². The summed E-state index contributed by atoms with van der Waals surface area (Å²) in [6.07, 6.45) is 4.01. The molecule has 0 saturated heterocycles. The standard InChI is InChI=1S/C22H25F3Si/c1-5-6-7-8-16-9-10-18(20(23)13-16)17-14-21(24)19(22(25)15-17)11-12-26(2,3)4/h9-10,13-15H,5-8H2,1-4H3. The molecular formula is C22H25F3Si. The lowest BCUT2D eigenvalue weighted by Crippen LogP contribution is -2.16. The monoisotopic (exact) mass is 374 g/mol. The van der Waals surface area contributed by atoms with Crippen molar-refractivity contribution in [2.24, 2.45) is 0 Å². The number of hydrogen-bond donors (Lipinski definition) is 0. The second-order valence-corrected chi connectivity index (χ2v) is 12.3. The first-order valence-electron chi connectivity index (χ1n) is 9.02. The highest BCUT2D eigenvalue weighted by atomic mass is 28.3. The second kappa shape index (κ2) is 8.59. The van der Waals surface area contributed by atoms with Gasteiger partial charge < -0.3 is 0 Å². The molecule has 0 N–H and O–H groups in total. The molecule has 138 valence electrons. The van der Waals surface area contributed by atoms with Crippen molar-refractivity contribution < 1.29 is 13.2 Å². The molecule has 2 aromatic rings. The van der Waals surface area contributed by atoms with E-state index in [2.05, 4.69) is 18.4 Å². The Kier molecular flexibility index (Phi) is 6.72. The van der Waals surface area contributed by atoms with E-state index in [0.29, 0.717) is 0 Å². The maximum Gasteiger partial charge on any atom is 0.142 e. The first-order chi connectivity index (χ1) is 12.2. The number of unbranched alkanes of at least 4 members (excludes halogenated alkanes) is 2. The van der Waals surface area contributed by atoms with Gasteiger partial charge in [-0.2, -0.15) is 0 Å². The average Bonchev–Trinajstić information content (AvgIpc) is 2.53. The predicted molar refractivity (Wildman–Crippen MR) is 105 cm³/mol. The fourth-order valence-corrected chi connectivity index (χ4v) is 3.13. The molecule has 0 unspecified atom stereocenters. The van der Waals surface area contributed by atoms with E-state index in [9.17, 15) is 13.2 Å². The molecule has 0 nitrogen and oxygen atoms in total. The zero-order chi connectivity index (χ0) is 19.3. The molecule has 2 aromatic carbocycles. The van der Waals surface area contributed by atoms with E-state index in [0.717, 1.165) is 43.4 Å². The van der Waals surface area contributed by atoms with Crippen LogP contribution >= 0.6 is 0 Å². The van der Waals surface area contributed by atoms with Crippen molar-refractivity contribution in [2.45, 2.75) is 52.2 Å². The third-order valence-electron chi connectivity index (χ3n) is 4.02. The van der Waals surface area contributed by atoms with Crippen LogP contribution in [-0.2, 0) is 6.42 Å². The van der Waals surface area contributed by atoms with E-state index in [1.807, 2.05) is 25.7 Å². The van der Waals surface area contributed by atoms with E-state index in [4.69, 9.17) is 0 Å². The minimum Gasteiger partial charge on any atom is -0.206 e. The fourth-order valence-electron chi connectivity index (χ4n) is 2.63. The van der Waals surface area contributed by atoms with Crippen molar-refractivity contribution in [1.82, 2.24) is 0 Å². The van der Waals surface area contributed by atoms with Crippen LogP contribution in [0.25, 0.3) is 11.1 Å². The van der Waals surface area contributed by atoms with E-state index < -0.39 is 25.5 Å². The molecule has 0 heterocycles. The number of hydrogen-bond acceptors (Lipinski definition) is 0. The molecule has 0 radical (unpaired) electrons. The molecule has 0 amide bonds. The summed E-state index contributed by atoms with van der Waals surface area (Å²) in [6.45, 7) is 8.12. The number of aryl methyl sites for hydroxylation is 1. The minimum atomic E-state index is -1.75. The van der Waals surface area contributed by atoms with Gasteiger partial charge in [0, 0.05) is 5.56 Å². The summed E-state index contributed by atoms with van der Waals surface area (Å²) >= 11 is 0. The van der Waals surface area contributed by atoms with Crippen LogP contribution in [0.5, 0.6) is 0 Å². The van der Waals surface area contributed by atoms with E-state index in [-0.39, 0.29) is 16.7 Å². The molecule has 4 heteroatoms. The molecule has 26 heavy (non-hydrogen) atoms. The Bertz CT molecular complexity index is 816. The topological polar surface area (TPSA) is 0 Å². The van der Waals surface area contributed by atoms with E-state index in [1.54, 1.807) is 6.07 Å². The average molecular weight is 375 g/mol. The molecule has 0 aromatic heterocycles. The normalized spacial score (nSPS) is 11.2. The van der Waals surface area contributed by atoms with Crippen molar-refractivity contribution in [3.63, 3.8) is 0 Å². The molecule has 0 aliphatic carbocycles. The van der Waals surface area contributed by atoms with Crippen LogP contribution in [0.1, 0.15) is 37.3 Å². The third-order valence-corrected chi connectivity index (χ3v) is 4.89. The van der Waals surface area contributed by atoms with Crippen LogP contribution in [0.2, 0.25) is 19.6 Å². The summed E-state index contributed by atoms with van der Waals surface area (Å²) in [5, 5.41) is 0. The fraction of sp³-hybridized carbons (Fsp3) is 0.364. The van der Waals surface area contributed by atoms with Crippen LogP contribution in [0.3, 0.4) is 0 Å². The summed E-state index contributed by atoms with van der Waals surface area (Å²) in [5.74, 6) is 0.655. The summed E-state index contributed by atoms with van der Waals surface area (Å²) < 4.78 is 43.1. The molecule has 0 saturated carbocycles. The van der Waals surface area contributed by atoms with Gasteiger partial charge in [-0.05, 0) is 42.2 Å². The number of rotatable bonds is 5. The number of benzene rings is 2. The SMILES string of the molecule is CCCCCc1ccc(-c2cc(F)c(C#C[Si](C)(C)C)c(F)c2)c(F)c1. The van der Waals surface area contributed by atoms with Crippen LogP contribution in [-0.4, -0.2) is 8.07 Å². The van der Waals surface area contributed by atoms with Crippen molar-refractivity contribution in [2.75, 3.05) is 0 Å². The van der Waals surface area contributed by atoms with Crippen molar-refractivity contribution in [1.29, 1.82) is 0 Å². The molecule has 2 rings (SSSR count). The Labute approximate surface area is 155 Å². The van der Waals surface area contributed by atoms with Crippen molar-refractivity contribution in [3.8, 4) is 22.6 Å². The van der Waals surface area contributed by atoms with Crippen LogP contribution in [0.15, 0.2) is 30.3 Å². The molecule has 0 fully saturated rings. The Morgan fingerprint density at radius 3 is 2.08 bits per heavy atom. The van der Waals surface area contributed by atoms with Gasteiger partial charge in [-0.15, -0.1) is 5.54 Å². The lowest BCUT2D eigenvalue weighted by molar-refractivity contribution is 0.577. The summed E-state index contributed by atoms with van der Waals surface area (Å²) in [5.41, 5.74) is 4.01. The predicted octanol–water partition coefficient (Wildman–Crippen LogP) is 6.73. The maximum atomic E-state index is 14.4. The van der Waals surface area contributed by atoms with Gasteiger partial charge in [0.15, 0.2) is 0 Å². The Balaban J connectivity index is 2.33. The van der Waals surface area contributed by atoms with Gasteiger partial charge in [0.2, 0.25) is 0 Å². The van der Waals surface area contributed by atoms with Crippen LogP contribution in [0.4, 0.5) is 13.2 Å². The van der Waals surface area contributed by atoms with Gasteiger partial charge in [0.25, 0.3) is 0 Å². The summed E-state index contributed by atoms with van der Waals surface area (Å²) in [6, 6.07) is 7.19. The van der Waals surface area contributed by atoms with Crippen molar-refractivity contribution >= 4 is 8.07 Å². The molecule has 0 aliphatic rings. The largest absolute Gasteiger partial charge is 0.206 e. The minimum absolute atomic E-state index is 0.191. The summed E-state index contributed by atoms with van der Waals surface area (Å²) in [7, 11) is -1.75. The Morgan fingerprint density at radius 2 is 1.54 bits per heavy atom. The van der Waals surface area contributed by atoms with Crippen LogP contribution in [0, 0.1) is 28.9 Å². The Hall–Kier alpha value is -1.99. The zero-order valence-corrected chi connectivity index (χ0v) is 16.8.